The number of carbonyl (C=O) groups excluding carboxylic acids is 1. The van der Waals surface area contributed by atoms with Gasteiger partial charge >= 0.3 is 0 Å². The lowest BCUT2D eigenvalue weighted by Gasteiger charge is -2.05. The maximum Gasteiger partial charge on any atom is 0.261 e. The number of amides is 1. The van der Waals surface area contributed by atoms with Crippen molar-refractivity contribution in [2.45, 2.75) is 0 Å². The molecule has 0 atom stereocenters. The van der Waals surface area contributed by atoms with Gasteiger partial charge in [-0.2, -0.15) is 0 Å². The molecule has 0 aliphatic heterocycles. The molecule has 0 aliphatic carbocycles. The largest absolute Gasteiger partial charge is 0.327 e. The Hall–Kier alpha value is -1.59. The maximum absolute atomic E-state index is 11.9. The van der Waals surface area contributed by atoms with E-state index in [1.54, 1.807) is 18.2 Å². The van der Waals surface area contributed by atoms with Gasteiger partial charge in [-0.25, -0.2) is 0 Å². The van der Waals surface area contributed by atoms with Crippen LogP contribution in [0.3, 0.4) is 0 Å². The molecule has 0 bridgehead atoms. The SMILES string of the molecule is O=C(Nc1cccc(Br)c1)c1cc(Cl)c[nH]c1=O. The van der Waals surface area contributed by atoms with Gasteiger partial charge in [-0.15, -0.1) is 0 Å². The number of hydrogen-bond acceptors (Lipinski definition) is 2. The van der Waals surface area contributed by atoms with Crippen LogP contribution in [0.4, 0.5) is 5.69 Å². The standard InChI is InChI=1S/C12H8BrClN2O2/c13-7-2-1-3-9(4-7)16-12(18)10-5-8(14)6-15-11(10)17/h1-6H,(H,15,17)(H,16,18). The summed E-state index contributed by atoms with van der Waals surface area (Å²) in [6, 6.07) is 8.40. The Morgan fingerprint density at radius 2 is 2.11 bits per heavy atom. The van der Waals surface area contributed by atoms with E-state index in [0.29, 0.717) is 10.7 Å². The molecule has 1 aromatic carbocycles. The number of aromatic amines is 1. The highest BCUT2D eigenvalue weighted by atomic mass is 79.9. The molecule has 0 fully saturated rings. The molecule has 0 aliphatic rings. The summed E-state index contributed by atoms with van der Waals surface area (Å²) < 4.78 is 0.834. The highest BCUT2D eigenvalue weighted by molar-refractivity contribution is 9.10. The Kier molecular flexibility index (Phi) is 3.84. The van der Waals surface area contributed by atoms with Crippen molar-refractivity contribution in [1.82, 2.24) is 4.98 Å². The number of pyridine rings is 1. The summed E-state index contributed by atoms with van der Waals surface area (Å²) in [7, 11) is 0. The van der Waals surface area contributed by atoms with Gasteiger partial charge in [0.05, 0.1) is 5.02 Å². The molecule has 18 heavy (non-hydrogen) atoms. The fourth-order valence-corrected chi connectivity index (χ4v) is 1.95. The van der Waals surface area contributed by atoms with Gasteiger partial charge in [0.15, 0.2) is 0 Å². The molecular formula is C12H8BrClN2O2. The second-order valence-corrected chi connectivity index (χ2v) is 4.88. The Bertz CT molecular complexity index is 655. The highest BCUT2D eigenvalue weighted by Crippen LogP contribution is 2.16. The molecule has 1 aromatic heterocycles. The van der Waals surface area contributed by atoms with Crippen molar-refractivity contribution < 1.29 is 4.79 Å². The Balaban J connectivity index is 2.27. The van der Waals surface area contributed by atoms with E-state index >= 15 is 0 Å². The van der Waals surface area contributed by atoms with E-state index in [9.17, 15) is 9.59 Å². The van der Waals surface area contributed by atoms with Crippen molar-refractivity contribution in [3.05, 3.63) is 61.9 Å². The first-order chi connectivity index (χ1) is 8.56. The highest BCUT2D eigenvalue weighted by Gasteiger charge is 2.11. The van der Waals surface area contributed by atoms with Crippen molar-refractivity contribution in [2.24, 2.45) is 0 Å². The topological polar surface area (TPSA) is 62.0 Å². The molecule has 0 radical (unpaired) electrons. The molecule has 2 N–H and O–H groups in total. The molecule has 0 saturated heterocycles. The van der Waals surface area contributed by atoms with Crippen LogP contribution in [0, 0.1) is 0 Å². The third-order valence-electron chi connectivity index (χ3n) is 2.20. The van der Waals surface area contributed by atoms with E-state index in [1.165, 1.54) is 12.3 Å². The summed E-state index contributed by atoms with van der Waals surface area (Å²) in [6.45, 7) is 0. The minimum atomic E-state index is -0.503. The molecule has 2 rings (SSSR count). The van der Waals surface area contributed by atoms with E-state index in [2.05, 4.69) is 26.2 Å². The number of benzene rings is 1. The Labute approximate surface area is 116 Å². The summed E-state index contributed by atoms with van der Waals surface area (Å²) in [6.07, 6.45) is 1.33. The van der Waals surface area contributed by atoms with Crippen LogP contribution in [0.5, 0.6) is 0 Å². The molecule has 6 heteroatoms. The molecule has 0 saturated carbocycles. The summed E-state index contributed by atoms with van der Waals surface area (Å²) in [4.78, 5) is 25.8. The minimum absolute atomic E-state index is 0.0255. The predicted molar refractivity (Wildman–Crippen MR) is 74.2 cm³/mol. The van der Waals surface area contributed by atoms with Gasteiger partial charge < -0.3 is 10.3 Å². The first kappa shape index (κ1) is 12.9. The fourth-order valence-electron chi connectivity index (χ4n) is 1.39. The first-order valence-electron chi connectivity index (χ1n) is 5.01. The van der Waals surface area contributed by atoms with Gasteiger partial charge in [0.1, 0.15) is 5.56 Å². The van der Waals surface area contributed by atoms with Gasteiger partial charge in [0.2, 0.25) is 0 Å². The van der Waals surface area contributed by atoms with Gasteiger partial charge in [-0.3, -0.25) is 9.59 Å². The summed E-state index contributed by atoms with van der Waals surface area (Å²) in [5.74, 6) is -0.503. The lowest BCUT2D eigenvalue weighted by molar-refractivity contribution is 0.102. The number of nitrogens with one attached hydrogen (secondary N) is 2. The summed E-state index contributed by atoms with van der Waals surface area (Å²) in [5, 5.41) is 2.92. The predicted octanol–water partition coefficient (Wildman–Crippen LogP) is 3.04. The molecule has 2 aromatic rings. The van der Waals surface area contributed by atoms with Crippen LogP contribution in [0.25, 0.3) is 0 Å². The van der Waals surface area contributed by atoms with Gasteiger partial charge in [0.25, 0.3) is 11.5 Å². The van der Waals surface area contributed by atoms with Gasteiger partial charge in [0, 0.05) is 16.4 Å². The van der Waals surface area contributed by atoms with Gasteiger partial charge in [-0.1, -0.05) is 33.6 Å². The zero-order valence-corrected chi connectivity index (χ0v) is 11.4. The zero-order valence-electron chi connectivity index (χ0n) is 9.04. The molecule has 1 heterocycles. The molecular weight excluding hydrogens is 320 g/mol. The average molecular weight is 328 g/mol. The quantitative estimate of drug-likeness (QED) is 0.890. The van der Waals surface area contributed by atoms with Crippen LogP contribution < -0.4 is 10.9 Å². The fraction of sp³-hybridized carbons (Fsp3) is 0. The molecule has 1 amide bonds. The molecule has 0 unspecified atom stereocenters. The maximum atomic E-state index is 11.9. The van der Waals surface area contributed by atoms with Crippen LogP contribution >= 0.6 is 27.5 Å². The lowest BCUT2D eigenvalue weighted by Crippen LogP contribution is -2.22. The van der Waals surface area contributed by atoms with Crippen LogP contribution in [-0.4, -0.2) is 10.9 Å². The number of carbonyl (C=O) groups is 1. The van der Waals surface area contributed by atoms with E-state index in [4.69, 9.17) is 11.6 Å². The second kappa shape index (κ2) is 5.37. The molecule has 92 valence electrons. The average Bonchev–Trinajstić information content (AvgIpc) is 2.32. The van der Waals surface area contributed by atoms with E-state index in [-0.39, 0.29) is 5.56 Å². The first-order valence-corrected chi connectivity index (χ1v) is 6.18. The number of hydrogen-bond donors (Lipinski definition) is 2. The number of anilines is 1. The summed E-state index contributed by atoms with van der Waals surface area (Å²) >= 11 is 9.03. The van der Waals surface area contributed by atoms with E-state index in [0.717, 1.165) is 4.47 Å². The Morgan fingerprint density at radius 3 is 2.83 bits per heavy atom. The normalized spacial score (nSPS) is 10.1. The third-order valence-corrected chi connectivity index (χ3v) is 2.91. The summed E-state index contributed by atoms with van der Waals surface area (Å²) in [5.41, 5.74) is 0.0862. The van der Waals surface area contributed by atoms with Crippen molar-refractivity contribution in [2.75, 3.05) is 5.32 Å². The van der Waals surface area contributed by atoms with E-state index in [1.807, 2.05) is 6.07 Å². The van der Waals surface area contributed by atoms with Crippen molar-refractivity contribution >= 4 is 39.1 Å². The number of rotatable bonds is 2. The van der Waals surface area contributed by atoms with Crippen molar-refractivity contribution in [1.29, 1.82) is 0 Å². The zero-order chi connectivity index (χ0) is 13.1. The van der Waals surface area contributed by atoms with Crippen LogP contribution in [0.15, 0.2) is 45.8 Å². The van der Waals surface area contributed by atoms with Gasteiger partial charge in [-0.05, 0) is 24.3 Å². The lowest BCUT2D eigenvalue weighted by atomic mass is 10.2. The third kappa shape index (κ3) is 3.00. The second-order valence-electron chi connectivity index (χ2n) is 3.53. The monoisotopic (exact) mass is 326 g/mol. The number of halogens is 2. The van der Waals surface area contributed by atoms with E-state index < -0.39 is 11.5 Å². The Morgan fingerprint density at radius 1 is 1.33 bits per heavy atom. The van der Waals surface area contributed by atoms with Crippen molar-refractivity contribution in [3.63, 3.8) is 0 Å². The number of H-pyrrole nitrogens is 1. The van der Waals surface area contributed by atoms with Crippen LogP contribution in [-0.2, 0) is 0 Å². The molecule has 0 spiro atoms. The number of aromatic nitrogens is 1. The van der Waals surface area contributed by atoms with Crippen molar-refractivity contribution in [3.8, 4) is 0 Å². The van der Waals surface area contributed by atoms with Crippen LogP contribution in [0.2, 0.25) is 5.02 Å². The minimum Gasteiger partial charge on any atom is -0.327 e. The van der Waals surface area contributed by atoms with Crippen LogP contribution in [0.1, 0.15) is 10.4 Å². The smallest absolute Gasteiger partial charge is 0.261 e. The molecule has 4 nitrogen and oxygen atoms in total.